The molecule has 0 aromatic heterocycles. The van der Waals surface area contributed by atoms with Gasteiger partial charge in [-0.15, -0.1) is 12.4 Å². The lowest BCUT2D eigenvalue weighted by molar-refractivity contribution is -0.125. The first-order valence-corrected chi connectivity index (χ1v) is 8.53. The van der Waals surface area contributed by atoms with Gasteiger partial charge in [-0.1, -0.05) is 60.7 Å². The molecule has 0 aliphatic carbocycles. The molecule has 1 unspecified atom stereocenters. The normalized spacial score (nSPS) is 16.9. The molecule has 1 aliphatic heterocycles. The summed E-state index contributed by atoms with van der Waals surface area (Å²) in [5.41, 5.74) is 2.55. The third-order valence-corrected chi connectivity index (χ3v) is 4.37. The maximum absolute atomic E-state index is 12.2. The van der Waals surface area contributed by atoms with Crippen LogP contribution in [0.3, 0.4) is 0 Å². The number of nitrogens with one attached hydrogen (secondary N) is 2. The lowest BCUT2D eigenvalue weighted by atomic mass is 9.88. The van der Waals surface area contributed by atoms with Gasteiger partial charge in [-0.05, 0) is 17.5 Å². The lowest BCUT2D eigenvalue weighted by Gasteiger charge is -2.24. The Kier molecular flexibility index (Phi) is 7.92. The summed E-state index contributed by atoms with van der Waals surface area (Å²) in [5, 5.41) is 6.22. The molecule has 5 heteroatoms. The zero-order valence-corrected chi connectivity index (χ0v) is 15.0. The summed E-state index contributed by atoms with van der Waals surface area (Å²) >= 11 is 0. The van der Waals surface area contributed by atoms with Crippen molar-refractivity contribution in [1.82, 2.24) is 10.6 Å². The van der Waals surface area contributed by atoms with Crippen molar-refractivity contribution in [3.8, 4) is 0 Å². The predicted octanol–water partition coefficient (Wildman–Crippen LogP) is 2.74. The topological polar surface area (TPSA) is 50.4 Å². The van der Waals surface area contributed by atoms with E-state index in [1.807, 2.05) is 12.1 Å². The highest BCUT2D eigenvalue weighted by Crippen LogP contribution is 2.27. The van der Waals surface area contributed by atoms with Gasteiger partial charge >= 0.3 is 0 Å². The third kappa shape index (κ3) is 5.56. The molecule has 134 valence electrons. The summed E-state index contributed by atoms with van der Waals surface area (Å²) < 4.78 is 5.35. The minimum atomic E-state index is -0.231. The largest absolute Gasteiger partial charge is 0.378 e. The molecule has 0 spiro atoms. The summed E-state index contributed by atoms with van der Waals surface area (Å²) in [6.07, 6.45) is 0.868. The smallest absolute Gasteiger partial charge is 0.239 e. The van der Waals surface area contributed by atoms with E-state index in [-0.39, 0.29) is 30.3 Å². The number of rotatable bonds is 6. The summed E-state index contributed by atoms with van der Waals surface area (Å²) in [7, 11) is 0. The van der Waals surface area contributed by atoms with E-state index in [1.54, 1.807) is 0 Å². The van der Waals surface area contributed by atoms with E-state index in [0.717, 1.165) is 13.0 Å². The molecule has 2 aromatic rings. The molecule has 4 nitrogen and oxygen atoms in total. The lowest BCUT2D eigenvalue weighted by Crippen LogP contribution is -2.51. The van der Waals surface area contributed by atoms with Crippen molar-refractivity contribution in [2.45, 2.75) is 18.4 Å². The second kappa shape index (κ2) is 10.2. The Morgan fingerprint density at radius 3 is 2.20 bits per heavy atom. The second-order valence-corrected chi connectivity index (χ2v) is 6.04. The minimum absolute atomic E-state index is 0. The highest BCUT2D eigenvalue weighted by Gasteiger charge is 2.21. The van der Waals surface area contributed by atoms with Gasteiger partial charge in [0.1, 0.15) is 6.04 Å². The number of ether oxygens (including phenoxy) is 1. The van der Waals surface area contributed by atoms with Crippen LogP contribution < -0.4 is 10.6 Å². The first-order chi connectivity index (χ1) is 11.8. The van der Waals surface area contributed by atoms with Crippen LogP contribution in [0.2, 0.25) is 0 Å². The molecular weight excluding hydrogens is 336 g/mol. The standard InChI is InChI=1S/C20H24N2O2.ClH/c23-20(19-15-24-14-13-21-19)22-12-11-18(16-7-3-1-4-8-16)17-9-5-2-6-10-17;/h1-10,18-19,21H,11-15H2,(H,22,23);1H. The van der Waals surface area contributed by atoms with Crippen LogP contribution in [0.15, 0.2) is 60.7 Å². The fraction of sp³-hybridized carbons (Fsp3) is 0.350. The highest BCUT2D eigenvalue weighted by atomic mass is 35.5. The Morgan fingerprint density at radius 2 is 1.68 bits per heavy atom. The van der Waals surface area contributed by atoms with Gasteiger partial charge in [-0.2, -0.15) is 0 Å². The zero-order valence-electron chi connectivity index (χ0n) is 14.2. The summed E-state index contributed by atoms with van der Waals surface area (Å²) in [5.74, 6) is 0.304. The fourth-order valence-corrected chi connectivity index (χ4v) is 3.09. The second-order valence-electron chi connectivity index (χ2n) is 6.04. The predicted molar refractivity (Wildman–Crippen MR) is 102 cm³/mol. The minimum Gasteiger partial charge on any atom is -0.378 e. The van der Waals surface area contributed by atoms with Crippen molar-refractivity contribution in [3.05, 3.63) is 71.8 Å². The number of amides is 1. The highest BCUT2D eigenvalue weighted by molar-refractivity contribution is 5.85. The third-order valence-electron chi connectivity index (χ3n) is 4.37. The van der Waals surface area contributed by atoms with Crippen LogP contribution in [0.4, 0.5) is 0 Å². The van der Waals surface area contributed by atoms with Crippen molar-refractivity contribution < 1.29 is 9.53 Å². The number of morpholine rings is 1. The molecule has 0 bridgehead atoms. The molecule has 1 heterocycles. The summed E-state index contributed by atoms with van der Waals surface area (Å²) in [6, 6.07) is 20.7. The van der Waals surface area contributed by atoms with Gasteiger partial charge < -0.3 is 15.4 Å². The average Bonchev–Trinajstić information content (AvgIpc) is 2.67. The fourth-order valence-electron chi connectivity index (χ4n) is 3.09. The van der Waals surface area contributed by atoms with E-state index in [9.17, 15) is 4.79 Å². The van der Waals surface area contributed by atoms with E-state index in [4.69, 9.17) is 4.74 Å². The zero-order chi connectivity index (χ0) is 16.6. The molecule has 0 radical (unpaired) electrons. The molecule has 2 aromatic carbocycles. The van der Waals surface area contributed by atoms with Crippen LogP contribution in [0.1, 0.15) is 23.5 Å². The van der Waals surface area contributed by atoms with Crippen LogP contribution in [0.25, 0.3) is 0 Å². The molecule has 3 rings (SSSR count). The molecular formula is C20H25ClN2O2. The number of hydrogen-bond acceptors (Lipinski definition) is 3. The van der Waals surface area contributed by atoms with Gasteiger partial charge in [0.2, 0.25) is 5.91 Å². The maximum Gasteiger partial charge on any atom is 0.239 e. The van der Waals surface area contributed by atoms with Crippen LogP contribution in [0, 0.1) is 0 Å². The van der Waals surface area contributed by atoms with Gasteiger partial charge in [0.05, 0.1) is 13.2 Å². The Bertz CT molecular complexity index is 591. The monoisotopic (exact) mass is 360 g/mol. The van der Waals surface area contributed by atoms with Crippen LogP contribution in [-0.2, 0) is 9.53 Å². The van der Waals surface area contributed by atoms with E-state index >= 15 is 0 Å². The molecule has 2 N–H and O–H groups in total. The molecule has 1 saturated heterocycles. The van der Waals surface area contributed by atoms with Crippen molar-refractivity contribution in [2.75, 3.05) is 26.3 Å². The summed E-state index contributed by atoms with van der Waals surface area (Å²) in [6.45, 7) is 2.50. The molecule has 1 aliphatic rings. The van der Waals surface area contributed by atoms with Crippen LogP contribution >= 0.6 is 12.4 Å². The van der Waals surface area contributed by atoms with Crippen molar-refractivity contribution >= 4 is 18.3 Å². The maximum atomic E-state index is 12.2. The first-order valence-electron chi connectivity index (χ1n) is 8.53. The van der Waals surface area contributed by atoms with E-state index in [1.165, 1.54) is 11.1 Å². The van der Waals surface area contributed by atoms with Gasteiger partial charge in [0.25, 0.3) is 0 Å². The van der Waals surface area contributed by atoms with E-state index in [2.05, 4.69) is 59.2 Å². The van der Waals surface area contributed by atoms with Crippen LogP contribution in [-0.4, -0.2) is 38.3 Å². The average molecular weight is 361 g/mol. The number of benzene rings is 2. The van der Waals surface area contributed by atoms with Gasteiger partial charge in [-0.3, -0.25) is 4.79 Å². The molecule has 1 amide bonds. The number of carbonyl (C=O) groups excluding carboxylic acids is 1. The number of halogens is 1. The quantitative estimate of drug-likeness (QED) is 0.832. The summed E-state index contributed by atoms with van der Waals surface area (Å²) in [4.78, 5) is 12.2. The molecule has 1 fully saturated rings. The van der Waals surface area contributed by atoms with Gasteiger partial charge in [0, 0.05) is 19.0 Å². The number of carbonyl (C=O) groups is 1. The molecule has 1 atom stereocenters. The SMILES string of the molecule is Cl.O=C(NCCC(c1ccccc1)c1ccccc1)C1COCCN1. The van der Waals surface area contributed by atoms with E-state index < -0.39 is 0 Å². The number of hydrogen-bond donors (Lipinski definition) is 2. The van der Waals surface area contributed by atoms with E-state index in [0.29, 0.717) is 19.8 Å². The Hall–Kier alpha value is -1.88. The van der Waals surface area contributed by atoms with Crippen LogP contribution in [0.5, 0.6) is 0 Å². The van der Waals surface area contributed by atoms with Gasteiger partial charge in [-0.25, -0.2) is 0 Å². The first kappa shape index (κ1) is 19.4. The van der Waals surface area contributed by atoms with Gasteiger partial charge in [0.15, 0.2) is 0 Å². The van der Waals surface area contributed by atoms with Crippen molar-refractivity contribution in [1.29, 1.82) is 0 Å². The molecule has 0 saturated carbocycles. The Labute approximate surface area is 155 Å². The Balaban J connectivity index is 0.00000225. The Morgan fingerprint density at radius 1 is 1.08 bits per heavy atom. The molecule has 25 heavy (non-hydrogen) atoms. The van der Waals surface area contributed by atoms with Crippen molar-refractivity contribution in [3.63, 3.8) is 0 Å². The van der Waals surface area contributed by atoms with Crippen molar-refractivity contribution in [2.24, 2.45) is 0 Å².